The summed E-state index contributed by atoms with van der Waals surface area (Å²) in [5.41, 5.74) is 1.85. The highest BCUT2D eigenvalue weighted by atomic mass is 35.5. The first-order valence-corrected chi connectivity index (χ1v) is 9.23. The van der Waals surface area contributed by atoms with E-state index in [9.17, 15) is 4.79 Å². The van der Waals surface area contributed by atoms with E-state index >= 15 is 0 Å². The highest BCUT2D eigenvalue weighted by Gasteiger charge is 2.23. The minimum absolute atomic E-state index is 0.104. The van der Waals surface area contributed by atoms with E-state index in [1.807, 2.05) is 47.4 Å². The van der Waals surface area contributed by atoms with E-state index in [1.165, 1.54) is 0 Å². The Bertz CT molecular complexity index is 789. The fourth-order valence-corrected chi connectivity index (χ4v) is 3.67. The molecule has 136 valence electrons. The van der Waals surface area contributed by atoms with Crippen LogP contribution in [0.4, 0.5) is 0 Å². The molecule has 0 aromatic heterocycles. The van der Waals surface area contributed by atoms with E-state index in [-0.39, 0.29) is 5.91 Å². The highest BCUT2D eigenvalue weighted by Crippen LogP contribution is 2.38. The van der Waals surface area contributed by atoms with Gasteiger partial charge in [-0.15, -0.1) is 0 Å². The Morgan fingerprint density at radius 2 is 1.73 bits per heavy atom. The van der Waals surface area contributed by atoms with Crippen molar-refractivity contribution in [2.75, 3.05) is 39.4 Å². The second kappa shape index (κ2) is 7.56. The summed E-state index contributed by atoms with van der Waals surface area (Å²) in [6, 6.07) is 13.4. The molecule has 0 spiro atoms. The number of ether oxygens (including phenoxy) is 2. The summed E-state index contributed by atoms with van der Waals surface area (Å²) in [6.07, 6.45) is 0. The maximum Gasteiger partial charge on any atom is 0.253 e. The molecular weight excluding hydrogens is 352 g/mol. The SMILES string of the molecule is O=C(c1ccccc1)N1CCN(Cc2cc(Cl)c3c(c2)OCCO3)CC1. The van der Waals surface area contributed by atoms with Crippen LogP contribution in [0.25, 0.3) is 0 Å². The molecule has 0 N–H and O–H groups in total. The molecule has 2 aromatic carbocycles. The fourth-order valence-electron chi connectivity index (χ4n) is 3.39. The van der Waals surface area contributed by atoms with Gasteiger partial charge >= 0.3 is 0 Å². The molecule has 0 unspecified atom stereocenters. The van der Waals surface area contributed by atoms with Gasteiger partial charge in [0.1, 0.15) is 13.2 Å². The van der Waals surface area contributed by atoms with Crippen LogP contribution in [0, 0.1) is 0 Å². The maximum absolute atomic E-state index is 12.5. The smallest absolute Gasteiger partial charge is 0.253 e. The lowest BCUT2D eigenvalue weighted by molar-refractivity contribution is 0.0628. The monoisotopic (exact) mass is 372 g/mol. The molecule has 2 heterocycles. The Morgan fingerprint density at radius 3 is 2.50 bits per heavy atom. The first-order valence-electron chi connectivity index (χ1n) is 8.85. The van der Waals surface area contributed by atoms with Crippen molar-refractivity contribution in [3.05, 3.63) is 58.6 Å². The van der Waals surface area contributed by atoms with Gasteiger partial charge in [0.05, 0.1) is 5.02 Å². The van der Waals surface area contributed by atoms with Crippen molar-refractivity contribution >= 4 is 17.5 Å². The lowest BCUT2D eigenvalue weighted by atomic mass is 10.1. The van der Waals surface area contributed by atoms with Crippen LogP contribution in [-0.4, -0.2) is 55.1 Å². The number of nitrogens with zero attached hydrogens (tertiary/aromatic N) is 2. The van der Waals surface area contributed by atoms with E-state index < -0.39 is 0 Å². The van der Waals surface area contributed by atoms with Gasteiger partial charge in [-0.2, -0.15) is 0 Å². The number of benzene rings is 2. The molecule has 0 radical (unpaired) electrons. The van der Waals surface area contributed by atoms with E-state index in [2.05, 4.69) is 4.90 Å². The van der Waals surface area contributed by atoms with Crippen molar-refractivity contribution in [2.24, 2.45) is 0 Å². The molecule has 0 bridgehead atoms. The van der Waals surface area contributed by atoms with Gasteiger partial charge < -0.3 is 14.4 Å². The second-order valence-corrected chi connectivity index (χ2v) is 6.94. The summed E-state index contributed by atoms with van der Waals surface area (Å²) in [5.74, 6) is 1.46. The van der Waals surface area contributed by atoms with Gasteiger partial charge in [-0.3, -0.25) is 9.69 Å². The van der Waals surface area contributed by atoms with Gasteiger partial charge in [0.25, 0.3) is 5.91 Å². The van der Waals surface area contributed by atoms with Gasteiger partial charge in [0.15, 0.2) is 11.5 Å². The summed E-state index contributed by atoms with van der Waals surface area (Å²) in [4.78, 5) is 16.8. The number of hydrogen-bond donors (Lipinski definition) is 0. The van der Waals surface area contributed by atoms with Gasteiger partial charge in [-0.1, -0.05) is 29.8 Å². The van der Waals surface area contributed by atoms with Gasteiger partial charge in [-0.05, 0) is 29.8 Å². The zero-order chi connectivity index (χ0) is 17.9. The number of amides is 1. The molecule has 0 saturated carbocycles. The predicted molar refractivity (Wildman–Crippen MR) is 100 cm³/mol. The van der Waals surface area contributed by atoms with Crippen molar-refractivity contribution in [1.82, 2.24) is 9.80 Å². The van der Waals surface area contributed by atoms with E-state index in [1.54, 1.807) is 0 Å². The highest BCUT2D eigenvalue weighted by molar-refractivity contribution is 6.32. The molecule has 1 saturated heterocycles. The first-order chi connectivity index (χ1) is 12.7. The fraction of sp³-hybridized carbons (Fsp3) is 0.350. The Morgan fingerprint density at radius 1 is 1.00 bits per heavy atom. The van der Waals surface area contributed by atoms with Crippen molar-refractivity contribution < 1.29 is 14.3 Å². The second-order valence-electron chi connectivity index (χ2n) is 6.54. The van der Waals surface area contributed by atoms with Crippen molar-refractivity contribution in [1.29, 1.82) is 0 Å². The molecule has 26 heavy (non-hydrogen) atoms. The molecule has 2 aromatic rings. The summed E-state index contributed by atoms with van der Waals surface area (Å²) in [7, 11) is 0. The number of hydrogen-bond acceptors (Lipinski definition) is 4. The van der Waals surface area contributed by atoms with Crippen molar-refractivity contribution in [2.45, 2.75) is 6.54 Å². The van der Waals surface area contributed by atoms with E-state index in [4.69, 9.17) is 21.1 Å². The molecule has 1 fully saturated rings. The maximum atomic E-state index is 12.5. The van der Waals surface area contributed by atoms with Gasteiger partial charge in [-0.25, -0.2) is 0 Å². The molecule has 2 aliphatic heterocycles. The number of carbonyl (C=O) groups is 1. The van der Waals surface area contributed by atoms with Gasteiger partial charge in [0, 0.05) is 38.3 Å². The third kappa shape index (κ3) is 3.64. The normalized spacial score (nSPS) is 17.2. The largest absolute Gasteiger partial charge is 0.486 e. The summed E-state index contributed by atoms with van der Waals surface area (Å²) in [6.45, 7) is 4.99. The quantitative estimate of drug-likeness (QED) is 0.830. The van der Waals surface area contributed by atoms with Crippen LogP contribution in [0.5, 0.6) is 11.5 Å². The van der Waals surface area contributed by atoms with Crippen LogP contribution < -0.4 is 9.47 Å². The third-order valence-corrected chi connectivity index (χ3v) is 5.02. The third-order valence-electron chi connectivity index (χ3n) is 4.74. The average molecular weight is 373 g/mol. The minimum atomic E-state index is 0.104. The van der Waals surface area contributed by atoms with Crippen molar-refractivity contribution in [3.63, 3.8) is 0 Å². The topological polar surface area (TPSA) is 42.0 Å². The number of carbonyl (C=O) groups excluding carboxylic acids is 1. The predicted octanol–water partition coefficient (Wildman–Crippen LogP) is 3.07. The van der Waals surface area contributed by atoms with Crippen LogP contribution >= 0.6 is 11.6 Å². The molecule has 2 aliphatic rings. The molecule has 4 rings (SSSR count). The number of halogens is 1. The van der Waals surface area contributed by atoms with Crippen molar-refractivity contribution in [3.8, 4) is 11.5 Å². The molecule has 0 aliphatic carbocycles. The first kappa shape index (κ1) is 17.2. The molecule has 6 heteroatoms. The average Bonchev–Trinajstić information content (AvgIpc) is 2.69. The Hall–Kier alpha value is -2.24. The van der Waals surface area contributed by atoms with Crippen LogP contribution in [-0.2, 0) is 6.54 Å². The Kier molecular flexibility index (Phi) is 5.00. The van der Waals surface area contributed by atoms with Crippen LogP contribution in [0.15, 0.2) is 42.5 Å². The number of piperazine rings is 1. The Labute approximate surface area is 158 Å². The summed E-state index contributed by atoms with van der Waals surface area (Å²) in [5, 5.41) is 0.593. The molecule has 5 nitrogen and oxygen atoms in total. The summed E-state index contributed by atoms with van der Waals surface area (Å²) >= 11 is 6.32. The molecule has 1 amide bonds. The zero-order valence-electron chi connectivity index (χ0n) is 14.5. The van der Waals surface area contributed by atoms with Crippen LogP contribution in [0.1, 0.15) is 15.9 Å². The van der Waals surface area contributed by atoms with Gasteiger partial charge in [0.2, 0.25) is 0 Å². The number of rotatable bonds is 3. The molecule has 0 atom stereocenters. The van der Waals surface area contributed by atoms with E-state index in [0.717, 1.165) is 49.6 Å². The summed E-state index contributed by atoms with van der Waals surface area (Å²) < 4.78 is 11.2. The van der Waals surface area contributed by atoms with E-state index in [0.29, 0.717) is 24.0 Å². The van der Waals surface area contributed by atoms with Crippen LogP contribution in [0.3, 0.4) is 0 Å². The lowest BCUT2D eigenvalue weighted by Crippen LogP contribution is -2.48. The standard InChI is InChI=1S/C20H21ClN2O3/c21-17-12-15(13-18-19(17)26-11-10-25-18)14-22-6-8-23(9-7-22)20(24)16-4-2-1-3-5-16/h1-5,12-13H,6-11,14H2. The molecular formula is C20H21ClN2O3. The minimum Gasteiger partial charge on any atom is -0.486 e. The lowest BCUT2D eigenvalue weighted by Gasteiger charge is -2.35. The Balaban J connectivity index is 1.37. The zero-order valence-corrected chi connectivity index (χ0v) is 15.2. The number of fused-ring (bicyclic) bond motifs is 1. The van der Waals surface area contributed by atoms with Crippen LogP contribution in [0.2, 0.25) is 5.02 Å².